The Kier molecular flexibility index (Phi) is 8.08. The first kappa shape index (κ1) is 28.4. The van der Waals surface area contributed by atoms with Crippen molar-refractivity contribution >= 4 is 37.3 Å². The summed E-state index contributed by atoms with van der Waals surface area (Å²) >= 11 is 0. The normalized spacial score (nSPS) is 17.1. The molecule has 184 valence electrons. The molecule has 35 heavy (non-hydrogen) atoms. The number of hydrogen-bond donors (Lipinski definition) is 0. The van der Waals surface area contributed by atoms with Crippen LogP contribution in [0.2, 0.25) is 32.7 Å². The predicted octanol–water partition coefficient (Wildman–Crippen LogP) is 8.65. The van der Waals surface area contributed by atoms with Crippen LogP contribution in [-0.4, -0.2) is 16.1 Å². The number of hydrogen-bond acceptors (Lipinski definition) is 0. The van der Waals surface area contributed by atoms with Crippen LogP contribution >= 0.6 is 0 Å². The Morgan fingerprint density at radius 1 is 0.829 bits per heavy atom. The molecule has 1 unspecified atom stereocenters. The molecule has 1 aliphatic carbocycles. The second kappa shape index (κ2) is 9.96. The molecule has 0 amide bonds. The summed E-state index contributed by atoms with van der Waals surface area (Å²) in [4.78, 5) is 0. The molecule has 0 radical (unpaired) electrons. The molecule has 0 nitrogen and oxygen atoms in total. The van der Waals surface area contributed by atoms with E-state index >= 15 is 0 Å². The van der Waals surface area contributed by atoms with E-state index in [1.807, 2.05) is 0 Å². The first-order valence-electron chi connectivity index (χ1n) is 13.0. The molecule has 0 aromatic heterocycles. The van der Waals surface area contributed by atoms with Gasteiger partial charge in [0.2, 0.25) is 0 Å². The summed E-state index contributed by atoms with van der Waals surface area (Å²) in [5.41, 5.74) is 9.14. The summed E-state index contributed by atoms with van der Waals surface area (Å²) in [7, 11) is -3.52. The monoisotopic (exact) mass is 573 g/mol. The third-order valence-electron chi connectivity index (χ3n) is 8.54. The molecule has 0 spiro atoms. The van der Waals surface area contributed by atoms with Crippen molar-refractivity contribution in [3.63, 3.8) is 0 Å². The summed E-state index contributed by atoms with van der Waals surface area (Å²) in [6.45, 7) is 27.3. The van der Waals surface area contributed by atoms with Crippen molar-refractivity contribution in [2.45, 2.75) is 80.2 Å². The number of benzene rings is 2. The van der Waals surface area contributed by atoms with Crippen LogP contribution in [0.3, 0.4) is 0 Å². The molecule has 1 atom stereocenters. The molecule has 0 N–H and O–H groups in total. The summed E-state index contributed by atoms with van der Waals surface area (Å²) in [6.07, 6.45) is 0. The van der Waals surface area contributed by atoms with Gasteiger partial charge in [0.15, 0.2) is 0 Å². The summed E-state index contributed by atoms with van der Waals surface area (Å²) in [5, 5.41) is 7.91. The zero-order valence-electron chi connectivity index (χ0n) is 23.8. The zero-order chi connectivity index (χ0) is 25.2. The fraction of sp³-hybridized carbons (Fsp3) is 0.406. The van der Waals surface area contributed by atoms with E-state index in [4.69, 9.17) is 0 Å². The van der Waals surface area contributed by atoms with Crippen molar-refractivity contribution in [1.29, 1.82) is 0 Å². The van der Waals surface area contributed by atoms with Gasteiger partial charge in [-0.25, -0.2) is 0 Å². The molecule has 0 saturated heterocycles. The largest absolute Gasteiger partial charge is 0.168 e. The maximum absolute atomic E-state index is 2.64. The molecule has 4 rings (SSSR count). The van der Waals surface area contributed by atoms with Crippen molar-refractivity contribution in [2.24, 2.45) is 5.92 Å². The summed E-state index contributed by atoms with van der Waals surface area (Å²) < 4.78 is 0. The van der Waals surface area contributed by atoms with Crippen molar-refractivity contribution in [1.82, 2.24) is 0 Å². The van der Waals surface area contributed by atoms with Crippen LogP contribution in [-0.2, 0) is 26.2 Å². The molecule has 3 aromatic rings. The third-order valence-corrected chi connectivity index (χ3v) is 14.8. The fourth-order valence-electron chi connectivity index (χ4n) is 6.66. The van der Waals surface area contributed by atoms with Gasteiger partial charge in [0.05, 0.1) is 8.07 Å². The summed E-state index contributed by atoms with van der Waals surface area (Å²) in [6, 6.07) is 18.6. The van der Waals surface area contributed by atoms with Crippen LogP contribution in [0.25, 0.3) is 21.9 Å². The maximum atomic E-state index is 2.64. The number of allylic oxidation sites excluding steroid dienone is 4. The van der Waals surface area contributed by atoms with Crippen molar-refractivity contribution in [2.75, 3.05) is 0 Å². The van der Waals surface area contributed by atoms with E-state index in [9.17, 15) is 0 Å². The molecule has 0 fully saturated rings. The molecule has 1 aliphatic rings. The van der Waals surface area contributed by atoms with Gasteiger partial charge < -0.3 is 0 Å². The van der Waals surface area contributed by atoms with Crippen molar-refractivity contribution < 1.29 is 26.2 Å². The second-order valence-electron chi connectivity index (χ2n) is 12.4. The Labute approximate surface area is 235 Å². The third kappa shape index (κ3) is 4.67. The van der Waals surface area contributed by atoms with Gasteiger partial charge in [0, 0.05) is 26.2 Å². The zero-order valence-corrected chi connectivity index (χ0v) is 28.2. The molecule has 0 aliphatic heterocycles. The van der Waals surface area contributed by atoms with E-state index in [0.717, 1.165) is 0 Å². The smallest absolute Gasteiger partial charge is 0.108 e. The van der Waals surface area contributed by atoms with Gasteiger partial charge in [-0.3, -0.25) is 0 Å². The van der Waals surface area contributed by atoms with Crippen molar-refractivity contribution in [3.8, 4) is 11.1 Å². The van der Waals surface area contributed by atoms with Crippen LogP contribution < -0.4 is 10.4 Å². The topological polar surface area (TPSA) is 0 Å². The molecular weight excluding hydrogens is 532 g/mol. The Bertz CT molecular complexity index is 1330. The Balaban J connectivity index is 0.00000342. The second-order valence-corrected chi connectivity index (χ2v) is 21.7. The van der Waals surface area contributed by atoms with Gasteiger partial charge >= 0.3 is 0 Å². The Morgan fingerprint density at radius 2 is 1.49 bits per heavy atom. The molecule has 0 heterocycles. The predicted molar refractivity (Wildman–Crippen MR) is 159 cm³/mol. The number of fused-ring (bicyclic) bond motifs is 1. The first-order valence-corrected chi connectivity index (χ1v) is 19.5. The Morgan fingerprint density at radius 3 is 2.03 bits per heavy atom. The Hall–Kier alpha value is -1.15. The van der Waals surface area contributed by atoms with Crippen LogP contribution in [0.5, 0.6) is 0 Å². The summed E-state index contributed by atoms with van der Waals surface area (Å²) in [5.74, 6) is 1.03. The van der Waals surface area contributed by atoms with E-state index < -0.39 is 16.1 Å². The molecular formula is C32H43Si2Zr-. The quantitative estimate of drug-likeness (QED) is 0.211. The molecule has 3 aromatic carbocycles. The van der Waals surface area contributed by atoms with Gasteiger partial charge in [-0.2, -0.15) is 12.1 Å². The minimum atomic E-state index is -1.96. The molecule has 0 bridgehead atoms. The van der Waals surface area contributed by atoms with Gasteiger partial charge in [0.25, 0.3) is 0 Å². The molecule has 0 saturated carbocycles. The average Bonchev–Trinajstić information content (AvgIpc) is 3.31. The fourth-order valence-corrected chi connectivity index (χ4v) is 14.7. The first-order chi connectivity index (χ1) is 15.8. The van der Waals surface area contributed by atoms with Gasteiger partial charge in [-0.15, -0.1) is 29.0 Å². The van der Waals surface area contributed by atoms with Crippen LogP contribution in [0, 0.1) is 5.92 Å². The van der Waals surface area contributed by atoms with Gasteiger partial charge in [0.1, 0.15) is 8.07 Å². The van der Waals surface area contributed by atoms with E-state index in [0.29, 0.717) is 11.8 Å². The maximum Gasteiger partial charge on any atom is 0.108 e. The SMILES string of the molecule is CC1=C(C)C(C)C([Si](C)(C)c2c([Si](C)(C)C)ccc(-c3cccc4[cH-]ccc34)c2C(C)C)=C1C.[Zr]. The average molecular weight is 575 g/mol. The van der Waals surface area contributed by atoms with Crippen LogP contribution in [0.4, 0.5) is 0 Å². The van der Waals surface area contributed by atoms with Gasteiger partial charge in [-0.1, -0.05) is 104 Å². The minimum absolute atomic E-state index is 0. The van der Waals surface area contributed by atoms with E-state index in [1.165, 1.54) is 27.5 Å². The standard InChI is InChI=1S/C32H43Si2.Zr/c1-20(2)30-28(27-17-13-15-25-14-12-16-26(25)27)18-19-29(33(7,8)9)32(30)34(10,11)31-23(5)21(3)22(4)24(31)6;/h12-20,23H,1-11H3;/q-1;. The van der Waals surface area contributed by atoms with Gasteiger partial charge in [-0.05, 0) is 49.3 Å². The minimum Gasteiger partial charge on any atom is -0.168 e. The van der Waals surface area contributed by atoms with E-state index in [2.05, 4.69) is 123 Å². The van der Waals surface area contributed by atoms with Crippen molar-refractivity contribution in [3.05, 3.63) is 76.0 Å². The number of rotatable bonds is 5. The van der Waals surface area contributed by atoms with E-state index in [1.54, 1.807) is 32.3 Å². The van der Waals surface area contributed by atoms with Crippen LogP contribution in [0.1, 0.15) is 53.0 Å². The molecule has 3 heteroatoms. The van der Waals surface area contributed by atoms with E-state index in [-0.39, 0.29) is 26.2 Å². The van der Waals surface area contributed by atoms with Crippen LogP contribution in [0.15, 0.2) is 70.4 Å².